The third-order valence-corrected chi connectivity index (χ3v) is 3.96. The summed E-state index contributed by atoms with van der Waals surface area (Å²) in [5.74, 6) is 0.318. The molecule has 0 aromatic carbocycles. The van der Waals surface area contributed by atoms with Gasteiger partial charge >= 0.3 is 5.97 Å². The Morgan fingerprint density at radius 2 is 2.22 bits per heavy atom. The summed E-state index contributed by atoms with van der Waals surface area (Å²) in [6.07, 6.45) is 5.64. The Labute approximate surface area is 111 Å². The minimum Gasteiger partial charge on any atom is -0.468 e. The Hall–Kier alpha value is -1.14. The number of nitrogens with zero attached hydrogens (tertiary/aromatic N) is 2. The second-order valence-electron chi connectivity index (χ2n) is 4.56. The molecule has 0 radical (unpaired) electrons. The van der Waals surface area contributed by atoms with E-state index in [1.807, 2.05) is 6.92 Å². The molecule has 98 valence electrons. The van der Waals surface area contributed by atoms with E-state index in [2.05, 4.69) is 15.3 Å². The van der Waals surface area contributed by atoms with Gasteiger partial charge in [-0.1, -0.05) is 11.8 Å². The van der Waals surface area contributed by atoms with E-state index in [9.17, 15) is 4.79 Å². The highest BCUT2D eigenvalue weighted by atomic mass is 32.2. The first-order valence-electron chi connectivity index (χ1n) is 5.90. The van der Waals surface area contributed by atoms with Gasteiger partial charge in [0.2, 0.25) is 0 Å². The lowest BCUT2D eigenvalue weighted by Crippen LogP contribution is -2.53. The van der Waals surface area contributed by atoms with Crippen LogP contribution in [0.5, 0.6) is 0 Å². The van der Waals surface area contributed by atoms with Crippen LogP contribution in [-0.2, 0) is 9.53 Å². The minimum atomic E-state index is -0.681. The maximum absolute atomic E-state index is 11.9. The molecule has 1 atom stereocenters. The molecule has 1 N–H and O–H groups in total. The molecule has 6 heteroatoms. The quantitative estimate of drug-likeness (QED) is 0.475. The van der Waals surface area contributed by atoms with Gasteiger partial charge in [0.05, 0.1) is 7.11 Å². The molecule has 1 aromatic heterocycles. The average molecular weight is 267 g/mol. The van der Waals surface area contributed by atoms with Crippen LogP contribution < -0.4 is 5.32 Å². The van der Waals surface area contributed by atoms with Crippen LogP contribution in [0.1, 0.15) is 19.8 Å². The van der Waals surface area contributed by atoms with E-state index in [0.29, 0.717) is 17.0 Å². The van der Waals surface area contributed by atoms with E-state index in [4.69, 9.17) is 4.74 Å². The van der Waals surface area contributed by atoms with Crippen LogP contribution >= 0.6 is 11.8 Å². The highest BCUT2D eigenvalue weighted by molar-refractivity contribution is 7.99. The first-order valence-corrected chi connectivity index (χ1v) is 6.88. The maximum atomic E-state index is 11.9. The van der Waals surface area contributed by atoms with Gasteiger partial charge in [-0.3, -0.25) is 10.1 Å². The van der Waals surface area contributed by atoms with E-state index in [-0.39, 0.29) is 5.97 Å². The average Bonchev–Trinajstić information content (AvgIpc) is 3.20. The Morgan fingerprint density at radius 1 is 1.56 bits per heavy atom. The molecule has 18 heavy (non-hydrogen) atoms. The van der Waals surface area contributed by atoms with Crippen LogP contribution in [0, 0.1) is 0 Å². The molecule has 1 aromatic rings. The van der Waals surface area contributed by atoms with Crippen LogP contribution in [-0.4, -0.2) is 40.4 Å². The van der Waals surface area contributed by atoms with Crippen molar-refractivity contribution in [3.63, 3.8) is 0 Å². The molecule has 0 bridgehead atoms. The molecule has 0 aliphatic heterocycles. The molecule has 0 saturated heterocycles. The summed E-state index contributed by atoms with van der Waals surface area (Å²) in [6.45, 7) is 1.87. The molecule has 2 rings (SSSR count). The topological polar surface area (TPSA) is 64.1 Å². The number of nitrogens with one attached hydrogen (secondary N) is 1. The summed E-state index contributed by atoms with van der Waals surface area (Å²) < 4.78 is 4.88. The number of esters is 1. The normalized spacial score (nSPS) is 18.1. The zero-order valence-corrected chi connectivity index (χ0v) is 11.4. The highest BCUT2D eigenvalue weighted by Crippen LogP contribution is 2.26. The number of hydrogen-bond donors (Lipinski definition) is 1. The zero-order chi connectivity index (χ0) is 13.0. The van der Waals surface area contributed by atoms with Crippen molar-refractivity contribution in [2.75, 3.05) is 12.9 Å². The van der Waals surface area contributed by atoms with E-state index >= 15 is 0 Å². The van der Waals surface area contributed by atoms with E-state index in [1.165, 1.54) is 18.9 Å². The predicted octanol–water partition coefficient (Wildman–Crippen LogP) is 1.25. The van der Waals surface area contributed by atoms with Crippen LogP contribution in [0.3, 0.4) is 0 Å². The van der Waals surface area contributed by atoms with E-state index in [0.717, 1.165) is 12.8 Å². The molecule has 1 unspecified atom stereocenters. The van der Waals surface area contributed by atoms with Crippen molar-refractivity contribution in [2.45, 2.75) is 36.5 Å². The van der Waals surface area contributed by atoms with Crippen molar-refractivity contribution < 1.29 is 9.53 Å². The number of thioether (sulfide) groups is 1. The highest BCUT2D eigenvalue weighted by Gasteiger charge is 2.39. The predicted molar refractivity (Wildman–Crippen MR) is 69.3 cm³/mol. The number of aromatic nitrogens is 2. The van der Waals surface area contributed by atoms with Crippen molar-refractivity contribution in [1.29, 1.82) is 0 Å². The molecule has 0 amide bonds. The zero-order valence-electron chi connectivity index (χ0n) is 10.5. The van der Waals surface area contributed by atoms with Crippen molar-refractivity contribution in [3.05, 3.63) is 18.5 Å². The lowest BCUT2D eigenvalue weighted by molar-refractivity contribution is -0.147. The summed E-state index contributed by atoms with van der Waals surface area (Å²) in [5.41, 5.74) is -0.681. The van der Waals surface area contributed by atoms with Crippen molar-refractivity contribution in [3.8, 4) is 0 Å². The van der Waals surface area contributed by atoms with Crippen LogP contribution in [0.2, 0.25) is 0 Å². The van der Waals surface area contributed by atoms with Gasteiger partial charge < -0.3 is 4.74 Å². The number of methoxy groups -OCH3 is 1. The number of hydrogen-bond acceptors (Lipinski definition) is 6. The van der Waals surface area contributed by atoms with E-state index in [1.54, 1.807) is 18.5 Å². The van der Waals surface area contributed by atoms with Gasteiger partial charge in [-0.05, 0) is 25.8 Å². The van der Waals surface area contributed by atoms with Crippen LogP contribution in [0.4, 0.5) is 0 Å². The summed E-state index contributed by atoms with van der Waals surface area (Å²) >= 11 is 1.46. The maximum Gasteiger partial charge on any atom is 0.326 e. The third-order valence-electron chi connectivity index (χ3n) is 2.77. The molecule has 1 aliphatic rings. The molecule has 1 saturated carbocycles. The third kappa shape index (κ3) is 3.43. The van der Waals surface area contributed by atoms with E-state index < -0.39 is 5.54 Å². The Balaban J connectivity index is 1.98. The van der Waals surface area contributed by atoms with Gasteiger partial charge in [-0.2, -0.15) is 0 Å². The summed E-state index contributed by atoms with van der Waals surface area (Å²) in [4.78, 5) is 20.1. The van der Waals surface area contributed by atoms with Gasteiger partial charge in [-0.25, -0.2) is 9.97 Å². The number of ether oxygens (including phenoxy) is 1. The van der Waals surface area contributed by atoms with Gasteiger partial charge in [-0.15, -0.1) is 0 Å². The summed E-state index contributed by atoms with van der Waals surface area (Å²) in [6, 6.07) is 2.21. The number of carbonyl (C=O) groups is 1. The fourth-order valence-corrected chi connectivity index (χ4v) is 2.52. The fraction of sp³-hybridized carbons (Fsp3) is 0.583. The summed E-state index contributed by atoms with van der Waals surface area (Å²) in [5, 5.41) is 4.01. The van der Waals surface area contributed by atoms with Crippen LogP contribution in [0.25, 0.3) is 0 Å². The van der Waals surface area contributed by atoms with Gasteiger partial charge in [0.15, 0.2) is 5.16 Å². The number of rotatable bonds is 6. The second-order valence-corrected chi connectivity index (χ2v) is 5.50. The largest absolute Gasteiger partial charge is 0.468 e. The Kier molecular flexibility index (Phi) is 4.19. The monoisotopic (exact) mass is 267 g/mol. The molecule has 1 fully saturated rings. The number of carbonyl (C=O) groups excluding carboxylic acids is 1. The van der Waals surface area contributed by atoms with Crippen LogP contribution in [0.15, 0.2) is 23.6 Å². The van der Waals surface area contributed by atoms with Gasteiger partial charge in [0.1, 0.15) is 5.54 Å². The molecule has 5 nitrogen and oxygen atoms in total. The fourth-order valence-electron chi connectivity index (χ4n) is 1.63. The van der Waals surface area contributed by atoms with Gasteiger partial charge in [0.25, 0.3) is 0 Å². The molecule has 0 spiro atoms. The van der Waals surface area contributed by atoms with Crippen molar-refractivity contribution in [2.24, 2.45) is 0 Å². The first kappa shape index (κ1) is 13.3. The molecular formula is C12H17N3O2S. The molecule has 1 heterocycles. The van der Waals surface area contributed by atoms with Crippen molar-refractivity contribution in [1.82, 2.24) is 15.3 Å². The van der Waals surface area contributed by atoms with Gasteiger partial charge in [0, 0.05) is 24.2 Å². The van der Waals surface area contributed by atoms with Crippen molar-refractivity contribution >= 4 is 17.7 Å². The lowest BCUT2D eigenvalue weighted by Gasteiger charge is -2.27. The first-order chi connectivity index (χ1) is 8.64. The SMILES string of the molecule is COC(=O)C(C)(CSc1ncccn1)NC1CC1. The second kappa shape index (κ2) is 5.67. The molecule has 1 aliphatic carbocycles. The molecular weight excluding hydrogens is 250 g/mol. The Morgan fingerprint density at radius 3 is 2.78 bits per heavy atom. The smallest absolute Gasteiger partial charge is 0.326 e. The standard InChI is InChI=1S/C12H17N3O2S/c1-12(10(16)17-2,15-9-4-5-9)8-18-11-13-6-3-7-14-11/h3,6-7,9,15H,4-5,8H2,1-2H3. The lowest BCUT2D eigenvalue weighted by atomic mass is 10.1. The minimum absolute atomic E-state index is 0.238. The summed E-state index contributed by atoms with van der Waals surface area (Å²) in [7, 11) is 1.42. The Bertz CT molecular complexity index is 411.